The number of amides is 2. The second-order valence-corrected chi connectivity index (χ2v) is 8.54. The monoisotopic (exact) mass is 371 g/mol. The lowest BCUT2D eigenvalue weighted by Gasteiger charge is -2.44. The molecular weight excluding hydrogens is 338 g/mol. The van der Waals surface area contributed by atoms with Gasteiger partial charge in [0, 0.05) is 30.6 Å². The molecule has 1 spiro atoms. The van der Waals surface area contributed by atoms with Crippen LogP contribution in [0, 0.1) is 0 Å². The molecular formula is C22H33N3O2. The highest BCUT2D eigenvalue weighted by Gasteiger charge is 2.47. The fraction of sp³-hybridized carbons (Fsp3) is 0.636. The normalized spacial score (nSPS) is 25.6. The van der Waals surface area contributed by atoms with Crippen LogP contribution in [0.2, 0.25) is 0 Å². The van der Waals surface area contributed by atoms with Gasteiger partial charge in [-0.3, -0.25) is 14.5 Å². The Hall–Kier alpha value is -1.88. The highest BCUT2D eigenvalue weighted by Crippen LogP contribution is 2.43. The molecule has 1 aromatic rings. The van der Waals surface area contributed by atoms with Crippen molar-refractivity contribution in [3.8, 4) is 0 Å². The Kier molecular flexibility index (Phi) is 6.20. The predicted molar refractivity (Wildman–Crippen MR) is 107 cm³/mol. The van der Waals surface area contributed by atoms with Crippen LogP contribution in [-0.2, 0) is 16.1 Å². The highest BCUT2D eigenvalue weighted by molar-refractivity contribution is 5.80. The van der Waals surface area contributed by atoms with E-state index in [1.165, 1.54) is 5.56 Å². The number of nitrogens with zero attached hydrogens (tertiary/aromatic N) is 2. The summed E-state index contributed by atoms with van der Waals surface area (Å²) in [4.78, 5) is 29.0. The number of likely N-dealkylation sites (N-methyl/N-ethyl adjacent to an activating group) is 1. The van der Waals surface area contributed by atoms with Crippen LogP contribution in [0.25, 0.3) is 0 Å². The number of likely N-dealkylation sites (tertiary alicyclic amines) is 1. The summed E-state index contributed by atoms with van der Waals surface area (Å²) in [6, 6.07) is 10.9. The van der Waals surface area contributed by atoms with Crippen LogP contribution in [0.4, 0.5) is 0 Å². The van der Waals surface area contributed by atoms with Crippen molar-refractivity contribution in [2.75, 3.05) is 13.6 Å². The maximum Gasteiger partial charge on any atom is 0.234 e. The molecule has 5 nitrogen and oxygen atoms in total. The van der Waals surface area contributed by atoms with Gasteiger partial charge < -0.3 is 10.2 Å². The van der Waals surface area contributed by atoms with Gasteiger partial charge in [0.1, 0.15) is 0 Å². The van der Waals surface area contributed by atoms with E-state index in [1.807, 2.05) is 25.2 Å². The molecule has 1 saturated carbocycles. The molecule has 1 heterocycles. The van der Waals surface area contributed by atoms with Gasteiger partial charge in [0.05, 0.1) is 6.54 Å². The first-order valence-corrected chi connectivity index (χ1v) is 10.2. The third-order valence-electron chi connectivity index (χ3n) is 6.42. The van der Waals surface area contributed by atoms with Gasteiger partial charge >= 0.3 is 0 Å². The Labute approximate surface area is 163 Å². The lowest BCUT2D eigenvalue weighted by atomic mass is 9.77. The first-order chi connectivity index (χ1) is 12.9. The minimum Gasteiger partial charge on any atom is -0.352 e. The van der Waals surface area contributed by atoms with E-state index < -0.39 is 0 Å². The summed E-state index contributed by atoms with van der Waals surface area (Å²) < 4.78 is 0. The molecule has 1 aliphatic carbocycles. The van der Waals surface area contributed by atoms with Crippen LogP contribution in [0.3, 0.4) is 0 Å². The summed E-state index contributed by atoms with van der Waals surface area (Å²) in [6.07, 6.45) is 5.48. The second-order valence-electron chi connectivity index (χ2n) is 8.54. The molecule has 0 bridgehead atoms. The zero-order chi connectivity index (χ0) is 19.4. The summed E-state index contributed by atoms with van der Waals surface area (Å²) in [7, 11) is 1.98. The quantitative estimate of drug-likeness (QED) is 0.836. The van der Waals surface area contributed by atoms with Crippen molar-refractivity contribution >= 4 is 11.8 Å². The van der Waals surface area contributed by atoms with Crippen molar-refractivity contribution in [2.24, 2.45) is 0 Å². The molecule has 1 aliphatic heterocycles. The molecule has 0 aromatic heterocycles. The van der Waals surface area contributed by atoms with Gasteiger partial charge in [0.2, 0.25) is 11.8 Å². The molecule has 2 fully saturated rings. The van der Waals surface area contributed by atoms with Gasteiger partial charge in [0.25, 0.3) is 0 Å². The fourth-order valence-corrected chi connectivity index (χ4v) is 4.40. The average Bonchev–Trinajstić information content (AvgIpc) is 2.94. The van der Waals surface area contributed by atoms with Gasteiger partial charge in [-0.25, -0.2) is 0 Å². The smallest absolute Gasteiger partial charge is 0.234 e. The van der Waals surface area contributed by atoms with Crippen molar-refractivity contribution < 1.29 is 9.59 Å². The highest BCUT2D eigenvalue weighted by atomic mass is 16.2. The van der Waals surface area contributed by atoms with E-state index in [1.54, 1.807) is 0 Å². The molecule has 0 radical (unpaired) electrons. The van der Waals surface area contributed by atoms with E-state index in [4.69, 9.17) is 0 Å². The fourth-order valence-electron chi connectivity index (χ4n) is 4.40. The first-order valence-electron chi connectivity index (χ1n) is 10.2. The zero-order valence-corrected chi connectivity index (χ0v) is 16.9. The molecule has 27 heavy (non-hydrogen) atoms. The molecule has 2 aliphatic rings. The molecule has 3 rings (SSSR count). The molecule has 1 aromatic carbocycles. The van der Waals surface area contributed by atoms with Gasteiger partial charge in [-0.15, -0.1) is 0 Å². The van der Waals surface area contributed by atoms with Crippen LogP contribution in [0.5, 0.6) is 0 Å². The number of carbonyl (C=O) groups excluding carboxylic acids is 2. The third kappa shape index (κ3) is 4.70. The predicted octanol–water partition coefficient (Wildman–Crippen LogP) is 2.95. The van der Waals surface area contributed by atoms with Gasteiger partial charge in [-0.1, -0.05) is 30.3 Å². The first kappa shape index (κ1) is 19.9. The van der Waals surface area contributed by atoms with E-state index >= 15 is 0 Å². The Balaban J connectivity index is 1.56. The van der Waals surface area contributed by atoms with Crippen LogP contribution >= 0.6 is 0 Å². The lowest BCUT2D eigenvalue weighted by Crippen LogP contribution is -2.51. The molecule has 2 amide bonds. The van der Waals surface area contributed by atoms with E-state index in [9.17, 15) is 9.59 Å². The number of nitrogens with one attached hydrogen (secondary N) is 1. The van der Waals surface area contributed by atoms with Crippen molar-refractivity contribution in [2.45, 2.75) is 76.5 Å². The molecule has 0 unspecified atom stereocenters. The van der Waals surface area contributed by atoms with Crippen molar-refractivity contribution in [1.29, 1.82) is 0 Å². The van der Waals surface area contributed by atoms with Gasteiger partial charge in [-0.05, 0) is 58.6 Å². The van der Waals surface area contributed by atoms with Crippen LogP contribution in [0.1, 0.15) is 57.9 Å². The second kappa shape index (κ2) is 8.42. The number of benzene rings is 1. The maximum atomic E-state index is 12.5. The largest absolute Gasteiger partial charge is 0.352 e. The maximum absolute atomic E-state index is 12.5. The molecule has 1 N–H and O–H groups in total. The number of rotatable bonds is 6. The van der Waals surface area contributed by atoms with E-state index in [0.29, 0.717) is 25.6 Å². The topological polar surface area (TPSA) is 52.7 Å². The summed E-state index contributed by atoms with van der Waals surface area (Å²) in [5, 5.41) is 3.20. The standard InChI is InChI=1S/C22H33N3O2/c1-17(2)24(3)16-20(26)23-19-9-12-22(13-10-19)14-11-21(27)25(22)15-18-7-5-4-6-8-18/h4-8,17,19H,9-16H2,1-3H3,(H,23,26). The Morgan fingerprint density at radius 1 is 1.22 bits per heavy atom. The number of hydrogen-bond acceptors (Lipinski definition) is 3. The van der Waals surface area contributed by atoms with Crippen molar-refractivity contribution in [1.82, 2.24) is 15.1 Å². The summed E-state index contributed by atoms with van der Waals surface area (Å²) >= 11 is 0. The number of hydrogen-bond donors (Lipinski definition) is 1. The van der Waals surface area contributed by atoms with E-state index in [-0.39, 0.29) is 23.4 Å². The molecule has 148 valence electrons. The summed E-state index contributed by atoms with van der Waals surface area (Å²) in [5.74, 6) is 0.385. The minimum atomic E-state index is -0.0110. The van der Waals surface area contributed by atoms with E-state index in [2.05, 4.69) is 41.1 Å². The zero-order valence-electron chi connectivity index (χ0n) is 16.9. The lowest BCUT2D eigenvalue weighted by molar-refractivity contribution is -0.133. The SMILES string of the molecule is CC(C)N(C)CC(=O)NC1CCC2(CCC(=O)N2Cc2ccccc2)CC1. The van der Waals surface area contributed by atoms with Crippen LogP contribution < -0.4 is 5.32 Å². The summed E-state index contributed by atoms with van der Waals surface area (Å²) in [6.45, 7) is 5.33. The molecule has 5 heteroatoms. The van der Waals surface area contributed by atoms with Crippen molar-refractivity contribution in [3.63, 3.8) is 0 Å². The third-order valence-corrected chi connectivity index (χ3v) is 6.42. The van der Waals surface area contributed by atoms with E-state index in [0.717, 1.165) is 32.1 Å². The Morgan fingerprint density at radius 3 is 2.52 bits per heavy atom. The van der Waals surface area contributed by atoms with Crippen molar-refractivity contribution in [3.05, 3.63) is 35.9 Å². The summed E-state index contributed by atoms with van der Waals surface area (Å²) in [5.41, 5.74) is 1.18. The Morgan fingerprint density at radius 2 is 1.89 bits per heavy atom. The van der Waals surface area contributed by atoms with Gasteiger partial charge in [-0.2, -0.15) is 0 Å². The van der Waals surface area contributed by atoms with Gasteiger partial charge in [0.15, 0.2) is 0 Å². The average molecular weight is 372 g/mol. The molecule has 0 atom stereocenters. The Bertz CT molecular complexity index is 651. The number of carbonyl (C=O) groups is 2. The van der Waals surface area contributed by atoms with Crippen LogP contribution in [0.15, 0.2) is 30.3 Å². The molecule has 1 saturated heterocycles. The minimum absolute atomic E-state index is 0.0110. The van der Waals surface area contributed by atoms with Crippen LogP contribution in [-0.4, -0.2) is 52.8 Å².